The van der Waals surface area contributed by atoms with Crippen LogP contribution in [0.1, 0.15) is 16.7 Å². The van der Waals surface area contributed by atoms with E-state index in [-0.39, 0.29) is 12.4 Å². The minimum Gasteiger partial charge on any atom is -0.504 e. The topological polar surface area (TPSA) is 80.2 Å². The van der Waals surface area contributed by atoms with E-state index in [1.807, 2.05) is 32.0 Å². The van der Waals surface area contributed by atoms with Crippen LogP contribution in [-0.2, 0) is 4.79 Å². The van der Waals surface area contributed by atoms with Gasteiger partial charge in [0.1, 0.15) is 5.75 Å². The van der Waals surface area contributed by atoms with E-state index in [2.05, 4.69) is 10.5 Å². The van der Waals surface area contributed by atoms with Crippen molar-refractivity contribution < 1.29 is 19.4 Å². The molecule has 0 atom stereocenters. The second kappa shape index (κ2) is 8.01. The molecule has 0 aromatic heterocycles. The molecule has 0 aliphatic rings. The quantitative estimate of drug-likeness (QED) is 0.631. The molecule has 2 aromatic rings. The van der Waals surface area contributed by atoms with Gasteiger partial charge in [-0.15, -0.1) is 0 Å². The van der Waals surface area contributed by atoms with Crippen LogP contribution in [0.25, 0.3) is 0 Å². The average molecular weight is 328 g/mol. The number of rotatable bonds is 6. The van der Waals surface area contributed by atoms with Crippen molar-refractivity contribution >= 4 is 12.1 Å². The summed E-state index contributed by atoms with van der Waals surface area (Å²) in [6, 6.07) is 10.8. The first kappa shape index (κ1) is 17.3. The molecule has 2 N–H and O–H groups in total. The number of benzene rings is 2. The highest BCUT2D eigenvalue weighted by Gasteiger charge is 2.06. The summed E-state index contributed by atoms with van der Waals surface area (Å²) >= 11 is 0. The van der Waals surface area contributed by atoms with Gasteiger partial charge in [0, 0.05) is 5.56 Å². The van der Waals surface area contributed by atoms with Crippen LogP contribution in [0.5, 0.6) is 17.2 Å². The minimum atomic E-state index is -0.394. The van der Waals surface area contributed by atoms with Crippen molar-refractivity contribution in [2.45, 2.75) is 13.8 Å². The third-order valence-corrected chi connectivity index (χ3v) is 3.35. The minimum absolute atomic E-state index is 0.0374. The van der Waals surface area contributed by atoms with Crippen molar-refractivity contribution in [2.75, 3.05) is 13.7 Å². The maximum absolute atomic E-state index is 11.8. The Bertz CT molecular complexity index is 757. The summed E-state index contributed by atoms with van der Waals surface area (Å²) in [5, 5.41) is 13.7. The van der Waals surface area contributed by atoms with Crippen molar-refractivity contribution in [1.82, 2.24) is 5.43 Å². The monoisotopic (exact) mass is 328 g/mol. The van der Waals surface area contributed by atoms with Crippen LogP contribution in [0.2, 0.25) is 0 Å². The van der Waals surface area contributed by atoms with Gasteiger partial charge in [-0.25, -0.2) is 5.43 Å². The van der Waals surface area contributed by atoms with Gasteiger partial charge >= 0.3 is 0 Å². The first-order valence-corrected chi connectivity index (χ1v) is 7.39. The summed E-state index contributed by atoms with van der Waals surface area (Å²) < 4.78 is 10.5. The van der Waals surface area contributed by atoms with E-state index in [1.54, 1.807) is 18.2 Å². The van der Waals surface area contributed by atoms with E-state index < -0.39 is 5.91 Å². The molecule has 1 amide bonds. The van der Waals surface area contributed by atoms with Crippen LogP contribution < -0.4 is 14.9 Å². The number of ether oxygens (including phenoxy) is 2. The zero-order valence-electron chi connectivity index (χ0n) is 13.9. The van der Waals surface area contributed by atoms with E-state index in [4.69, 9.17) is 9.47 Å². The standard InChI is InChI=1S/C18H20N2O4/c1-12-7-8-13(2)16(9-12)24-11-17(21)20-19-10-14-5-4-6-15(23-3)18(14)22/h4-10,22H,11H2,1-3H3,(H,20,21)/b19-10+. The van der Waals surface area contributed by atoms with Crippen LogP contribution in [0.15, 0.2) is 41.5 Å². The van der Waals surface area contributed by atoms with Crippen molar-refractivity contribution in [3.05, 3.63) is 53.1 Å². The zero-order chi connectivity index (χ0) is 17.5. The van der Waals surface area contributed by atoms with Crippen LogP contribution in [0, 0.1) is 13.8 Å². The Labute approximate surface area is 140 Å². The van der Waals surface area contributed by atoms with Crippen LogP contribution >= 0.6 is 0 Å². The highest BCUT2D eigenvalue weighted by molar-refractivity contribution is 5.86. The molecule has 0 saturated carbocycles. The number of hydrazone groups is 1. The lowest BCUT2D eigenvalue weighted by Gasteiger charge is -2.09. The van der Waals surface area contributed by atoms with Gasteiger partial charge in [0.05, 0.1) is 13.3 Å². The summed E-state index contributed by atoms with van der Waals surface area (Å²) in [6.07, 6.45) is 1.34. The number of phenolic OH excluding ortho intramolecular Hbond substituents is 1. The molecule has 0 unspecified atom stereocenters. The Hall–Kier alpha value is -3.02. The third kappa shape index (κ3) is 4.49. The molecular weight excluding hydrogens is 308 g/mol. The molecule has 2 aromatic carbocycles. The number of aryl methyl sites for hydroxylation is 2. The van der Waals surface area contributed by atoms with Gasteiger partial charge in [-0.1, -0.05) is 18.2 Å². The lowest BCUT2D eigenvalue weighted by molar-refractivity contribution is -0.123. The molecule has 0 fully saturated rings. The molecule has 6 nitrogen and oxygen atoms in total. The zero-order valence-corrected chi connectivity index (χ0v) is 13.9. The van der Waals surface area contributed by atoms with Crippen LogP contribution in [-0.4, -0.2) is 30.9 Å². The maximum atomic E-state index is 11.8. The van der Waals surface area contributed by atoms with E-state index in [0.29, 0.717) is 17.1 Å². The maximum Gasteiger partial charge on any atom is 0.277 e. The van der Waals surface area contributed by atoms with Crippen molar-refractivity contribution in [3.8, 4) is 17.2 Å². The molecule has 24 heavy (non-hydrogen) atoms. The van der Waals surface area contributed by atoms with Crippen molar-refractivity contribution in [2.24, 2.45) is 5.10 Å². The summed E-state index contributed by atoms with van der Waals surface area (Å²) in [7, 11) is 1.46. The van der Waals surface area contributed by atoms with E-state index >= 15 is 0 Å². The van der Waals surface area contributed by atoms with Crippen LogP contribution in [0.4, 0.5) is 0 Å². The van der Waals surface area contributed by atoms with Gasteiger partial charge in [0.25, 0.3) is 5.91 Å². The second-order valence-corrected chi connectivity index (χ2v) is 5.25. The van der Waals surface area contributed by atoms with Gasteiger partial charge in [-0.2, -0.15) is 5.10 Å². The number of nitrogens with one attached hydrogen (secondary N) is 1. The summed E-state index contributed by atoms with van der Waals surface area (Å²) in [4.78, 5) is 11.8. The Morgan fingerprint density at radius 2 is 2.04 bits per heavy atom. The SMILES string of the molecule is COc1cccc(/C=N/NC(=O)COc2cc(C)ccc2C)c1O. The molecule has 0 aliphatic carbocycles. The Kier molecular flexibility index (Phi) is 5.78. The van der Waals surface area contributed by atoms with Crippen molar-refractivity contribution in [1.29, 1.82) is 0 Å². The molecule has 0 heterocycles. The third-order valence-electron chi connectivity index (χ3n) is 3.35. The van der Waals surface area contributed by atoms with Gasteiger partial charge in [-0.05, 0) is 43.2 Å². The molecule has 0 saturated heterocycles. The van der Waals surface area contributed by atoms with Gasteiger partial charge in [0.15, 0.2) is 18.1 Å². The molecule has 0 spiro atoms. The largest absolute Gasteiger partial charge is 0.504 e. The number of methoxy groups -OCH3 is 1. The van der Waals surface area contributed by atoms with Crippen LogP contribution in [0.3, 0.4) is 0 Å². The molecule has 6 heteroatoms. The number of carbonyl (C=O) groups is 1. The fourth-order valence-electron chi connectivity index (χ4n) is 2.02. The normalized spacial score (nSPS) is 10.6. The highest BCUT2D eigenvalue weighted by atomic mass is 16.5. The molecule has 126 valence electrons. The number of para-hydroxylation sites is 1. The lowest BCUT2D eigenvalue weighted by atomic mass is 10.1. The number of amides is 1. The number of carbonyl (C=O) groups excluding carboxylic acids is 1. The Balaban J connectivity index is 1.90. The Morgan fingerprint density at radius 3 is 2.79 bits per heavy atom. The number of nitrogens with zero attached hydrogens (tertiary/aromatic N) is 1. The van der Waals surface area contributed by atoms with Gasteiger partial charge in [0.2, 0.25) is 0 Å². The van der Waals surface area contributed by atoms with E-state index in [1.165, 1.54) is 13.3 Å². The summed E-state index contributed by atoms with van der Waals surface area (Å²) in [6.45, 7) is 3.72. The first-order valence-electron chi connectivity index (χ1n) is 7.39. The predicted octanol–water partition coefficient (Wildman–Crippen LogP) is 2.55. The van der Waals surface area contributed by atoms with Gasteiger partial charge < -0.3 is 14.6 Å². The first-order chi connectivity index (χ1) is 11.5. The fourth-order valence-corrected chi connectivity index (χ4v) is 2.02. The molecule has 0 bridgehead atoms. The lowest BCUT2D eigenvalue weighted by Crippen LogP contribution is -2.24. The van der Waals surface area contributed by atoms with Gasteiger partial charge in [-0.3, -0.25) is 4.79 Å². The number of phenols is 1. The molecule has 0 radical (unpaired) electrons. The predicted molar refractivity (Wildman–Crippen MR) is 91.8 cm³/mol. The Morgan fingerprint density at radius 1 is 1.25 bits per heavy atom. The molecule has 2 rings (SSSR count). The molecule has 0 aliphatic heterocycles. The number of aromatic hydroxyl groups is 1. The summed E-state index contributed by atoms with van der Waals surface area (Å²) in [5.74, 6) is 0.572. The fraction of sp³-hybridized carbons (Fsp3) is 0.222. The number of hydrogen-bond acceptors (Lipinski definition) is 5. The van der Waals surface area contributed by atoms with E-state index in [9.17, 15) is 9.90 Å². The number of hydrogen-bond donors (Lipinski definition) is 2. The second-order valence-electron chi connectivity index (χ2n) is 5.25. The smallest absolute Gasteiger partial charge is 0.277 e. The van der Waals surface area contributed by atoms with Crippen molar-refractivity contribution in [3.63, 3.8) is 0 Å². The van der Waals surface area contributed by atoms with E-state index in [0.717, 1.165) is 11.1 Å². The average Bonchev–Trinajstić information content (AvgIpc) is 2.57. The summed E-state index contributed by atoms with van der Waals surface area (Å²) in [5.41, 5.74) is 4.80. The molecular formula is C18H20N2O4. The highest BCUT2D eigenvalue weighted by Crippen LogP contribution is 2.27.